The molecule has 6 nitrogen and oxygen atoms in total. The molecule has 2 heterocycles. The van der Waals surface area contributed by atoms with Crippen molar-refractivity contribution in [3.63, 3.8) is 0 Å². The number of hydrogen-bond donors (Lipinski definition) is 0. The number of hydrogen-bond acceptors (Lipinski definition) is 5. The van der Waals surface area contributed by atoms with Crippen LogP contribution >= 0.6 is 11.3 Å². The van der Waals surface area contributed by atoms with Crippen LogP contribution in [0.4, 0.5) is 0 Å². The van der Waals surface area contributed by atoms with Gasteiger partial charge in [0.1, 0.15) is 19.0 Å². The molecular weight excluding hydrogens is 340 g/mol. The summed E-state index contributed by atoms with van der Waals surface area (Å²) in [7, 11) is 3.52. The van der Waals surface area contributed by atoms with E-state index >= 15 is 0 Å². The van der Waals surface area contributed by atoms with Gasteiger partial charge in [-0.2, -0.15) is 4.99 Å². The highest BCUT2D eigenvalue weighted by Gasteiger charge is 2.15. The van der Waals surface area contributed by atoms with Gasteiger partial charge >= 0.3 is 0 Å². The van der Waals surface area contributed by atoms with E-state index in [4.69, 9.17) is 14.2 Å². The van der Waals surface area contributed by atoms with Gasteiger partial charge in [-0.3, -0.25) is 4.79 Å². The largest absolute Gasteiger partial charge is 0.497 e. The number of amides is 1. The summed E-state index contributed by atoms with van der Waals surface area (Å²) >= 11 is 1.44. The smallest absolute Gasteiger partial charge is 0.279 e. The number of aryl methyl sites for hydroxylation is 1. The summed E-state index contributed by atoms with van der Waals surface area (Å²) in [5.41, 5.74) is 1.47. The predicted octanol–water partition coefficient (Wildman–Crippen LogP) is 2.76. The van der Waals surface area contributed by atoms with Gasteiger partial charge in [0.25, 0.3) is 5.91 Å². The van der Waals surface area contributed by atoms with Crippen molar-refractivity contribution in [2.75, 3.05) is 20.3 Å². The van der Waals surface area contributed by atoms with E-state index in [1.54, 1.807) is 25.3 Å². The van der Waals surface area contributed by atoms with E-state index in [9.17, 15) is 4.79 Å². The van der Waals surface area contributed by atoms with Crippen LogP contribution in [-0.2, 0) is 7.05 Å². The summed E-state index contributed by atoms with van der Waals surface area (Å²) in [6.45, 7) is 1.00. The van der Waals surface area contributed by atoms with Crippen molar-refractivity contribution in [1.82, 2.24) is 4.57 Å². The van der Waals surface area contributed by atoms with Crippen LogP contribution in [0.5, 0.6) is 17.2 Å². The molecule has 1 aliphatic heterocycles. The Labute approximate surface area is 147 Å². The molecule has 4 rings (SSSR count). The number of aromatic nitrogens is 1. The molecule has 1 aromatic heterocycles. The van der Waals surface area contributed by atoms with Crippen molar-refractivity contribution in [3.8, 4) is 17.2 Å². The van der Waals surface area contributed by atoms with Crippen LogP contribution in [0.3, 0.4) is 0 Å². The summed E-state index contributed by atoms with van der Waals surface area (Å²) in [5, 5.41) is 0. The Morgan fingerprint density at radius 1 is 1.16 bits per heavy atom. The van der Waals surface area contributed by atoms with Gasteiger partial charge in [0.15, 0.2) is 16.3 Å². The molecule has 7 heteroatoms. The lowest BCUT2D eigenvalue weighted by Crippen LogP contribution is -2.16. The Bertz CT molecular complexity index is 1040. The quantitative estimate of drug-likeness (QED) is 0.708. The Morgan fingerprint density at radius 3 is 2.76 bits per heavy atom. The molecule has 0 spiro atoms. The van der Waals surface area contributed by atoms with Gasteiger partial charge in [-0.05, 0) is 36.4 Å². The molecule has 0 N–H and O–H groups in total. The molecule has 3 aromatic rings. The highest BCUT2D eigenvalue weighted by atomic mass is 32.1. The minimum absolute atomic E-state index is 0.314. The van der Waals surface area contributed by atoms with Crippen LogP contribution in [0.25, 0.3) is 10.2 Å². The van der Waals surface area contributed by atoms with Crippen molar-refractivity contribution in [1.29, 1.82) is 0 Å². The first-order valence-electron chi connectivity index (χ1n) is 7.78. The zero-order valence-electron chi connectivity index (χ0n) is 13.8. The zero-order chi connectivity index (χ0) is 17.4. The molecule has 1 aliphatic rings. The molecule has 0 fully saturated rings. The topological polar surface area (TPSA) is 62.1 Å². The number of fused-ring (bicyclic) bond motifs is 2. The Hall–Kier alpha value is -2.80. The van der Waals surface area contributed by atoms with Crippen LogP contribution in [0, 0.1) is 0 Å². The molecule has 0 radical (unpaired) electrons. The third kappa shape index (κ3) is 2.87. The lowest BCUT2D eigenvalue weighted by atomic mass is 10.2. The molecule has 0 saturated heterocycles. The van der Waals surface area contributed by atoms with Crippen molar-refractivity contribution < 1.29 is 19.0 Å². The van der Waals surface area contributed by atoms with Crippen molar-refractivity contribution in [2.24, 2.45) is 12.0 Å². The minimum atomic E-state index is -0.314. The highest BCUT2D eigenvalue weighted by molar-refractivity contribution is 7.16. The second-order valence-corrected chi connectivity index (χ2v) is 6.56. The fourth-order valence-electron chi connectivity index (χ4n) is 2.68. The number of ether oxygens (including phenoxy) is 3. The number of nitrogens with zero attached hydrogens (tertiary/aromatic N) is 2. The van der Waals surface area contributed by atoms with Gasteiger partial charge in [0, 0.05) is 12.6 Å². The molecule has 0 saturated carbocycles. The van der Waals surface area contributed by atoms with E-state index in [0.29, 0.717) is 35.1 Å². The second-order valence-electron chi connectivity index (χ2n) is 5.55. The zero-order valence-corrected chi connectivity index (χ0v) is 14.6. The van der Waals surface area contributed by atoms with E-state index in [1.807, 2.05) is 29.8 Å². The van der Waals surface area contributed by atoms with Crippen LogP contribution in [0.15, 0.2) is 41.4 Å². The van der Waals surface area contributed by atoms with Gasteiger partial charge in [-0.1, -0.05) is 11.3 Å². The average Bonchev–Trinajstić information content (AvgIpc) is 2.96. The van der Waals surface area contributed by atoms with Gasteiger partial charge in [0.05, 0.1) is 17.3 Å². The predicted molar refractivity (Wildman–Crippen MR) is 94.7 cm³/mol. The van der Waals surface area contributed by atoms with Crippen LogP contribution < -0.4 is 19.0 Å². The standard InChI is InChI=1S/C18H16N2O4S/c1-20-13-5-4-12(22-2)10-16(13)25-18(20)19-17(21)11-3-6-14-15(9-11)24-8-7-23-14/h3-6,9-10H,7-8H2,1-2H3. The molecule has 1 amide bonds. The average molecular weight is 356 g/mol. The van der Waals surface area contributed by atoms with Gasteiger partial charge in [0.2, 0.25) is 0 Å². The second kappa shape index (κ2) is 6.25. The molecule has 0 bridgehead atoms. The fraction of sp³-hybridized carbons (Fsp3) is 0.222. The first-order valence-corrected chi connectivity index (χ1v) is 8.59. The molecule has 0 aliphatic carbocycles. The Kier molecular flexibility index (Phi) is 3.93. The maximum atomic E-state index is 12.6. The fourth-order valence-corrected chi connectivity index (χ4v) is 3.72. The van der Waals surface area contributed by atoms with Crippen LogP contribution in [-0.4, -0.2) is 30.8 Å². The molecule has 2 aromatic carbocycles. The summed E-state index contributed by atoms with van der Waals surface area (Å²) in [6, 6.07) is 10.9. The third-order valence-electron chi connectivity index (χ3n) is 4.00. The van der Waals surface area contributed by atoms with E-state index in [-0.39, 0.29) is 5.91 Å². The Morgan fingerprint density at radius 2 is 1.96 bits per heavy atom. The molecule has 0 atom stereocenters. The van der Waals surface area contributed by atoms with Crippen LogP contribution in [0.1, 0.15) is 10.4 Å². The number of methoxy groups -OCH3 is 1. The number of benzene rings is 2. The maximum Gasteiger partial charge on any atom is 0.279 e. The first kappa shape index (κ1) is 15.7. The number of rotatable bonds is 2. The highest BCUT2D eigenvalue weighted by Crippen LogP contribution is 2.31. The van der Waals surface area contributed by atoms with Gasteiger partial charge < -0.3 is 18.8 Å². The van der Waals surface area contributed by atoms with E-state index in [0.717, 1.165) is 16.0 Å². The normalized spacial score (nSPS) is 13.9. The number of carbonyl (C=O) groups excluding carboxylic acids is 1. The van der Waals surface area contributed by atoms with Gasteiger partial charge in [-0.25, -0.2) is 0 Å². The lowest BCUT2D eigenvalue weighted by Gasteiger charge is -2.18. The monoisotopic (exact) mass is 356 g/mol. The van der Waals surface area contributed by atoms with Crippen LogP contribution in [0.2, 0.25) is 0 Å². The number of thiazole rings is 1. The molecular formula is C18H16N2O4S. The van der Waals surface area contributed by atoms with E-state index in [1.165, 1.54) is 11.3 Å². The minimum Gasteiger partial charge on any atom is -0.497 e. The summed E-state index contributed by atoms with van der Waals surface area (Å²) in [6.07, 6.45) is 0. The molecule has 128 valence electrons. The third-order valence-corrected chi connectivity index (χ3v) is 5.10. The SMILES string of the molecule is COc1ccc2c(c1)sc(=NC(=O)c1ccc3c(c1)OCCO3)n2C. The molecule has 25 heavy (non-hydrogen) atoms. The summed E-state index contributed by atoms with van der Waals surface area (Å²) in [4.78, 5) is 17.5. The molecule has 0 unspecified atom stereocenters. The van der Waals surface area contributed by atoms with E-state index in [2.05, 4.69) is 4.99 Å². The lowest BCUT2D eigenvalue weighted by molar-refractivity contribution is 0.0996. The van der Waals surface area contributed by atoms with Crippen molar-refractivity contribution >= 4 is 27.5 Å². The Balaban J connectivity index is 1.74. The maximum absolute atomic E-state index is 12.6. The van der Waals surface area contributed by atoms with E-state index < -0.39 is 0 Å². The summed E-state index contributed by atoms with van der Waals surface area (Å²) < 4.78 is 19.2. The first-order chi connectivity index (χ1) is 12.2. The van der Waals surface area contributed by atoms with Crippen molar-refractivity contribution in [2.45, 2.75) is 0 Å². The number of carbonyl (C=O) groups is 1. The van der Waals surface area contributed by atoms with Crippen molar-refractivity contribution in [3.05, 3.63) is 46.8 Å². The van der Waals surface area contributed by atoms with Gasteiger partial charge in [-0.15, -0.1) is 0 Å². The summed E-state index contributed by atoms with van der Waals surface area (Å²) in [5.74, 6) is 1.70.